The van der Waals surface area contributed by atoms with E-state index in [4.69, 9.17) is 0 Å². The third-order valence-corrected chi connectivity index (χ3v) is 5.55. The molecule has 0 atom stereocenters. The van der Waals surface area contributed by atoms with Crippen molar-refractivity contribution in [2.45, 2.75) is 25.3 Å². The summed E-state index contributed by atoms with van der Waals surface area (Å²) in [6, 6.07) is 14.8. The van der Waals surface area contributed by atoms with Gasteiger partial charge in [0.2, 0.25) is 0 Å². The monoisotopic (exact) mass is 354 g/mol. The van der Waals surface area contributed by atoms with Gasteiger partial charge in [-0.2, -0.15) is 0 Å². The van der Waals surface area contributed by atoms with E-state index in [2.05, 4.69) is 42.2 Å². The molecule has 0 bridgehead atoms. The topological polar surface area (TPSA) is 23.6 Å². The van der Waals surface area contributed by atoms with Gasteiger partial charge < -0.3 is 4.90 Å². The summed E-state index contributed by atoms with van der Waals surface area (Å²) >= 11 is 1.68. The molecule has 1 aliphatic heterocycles. The number of nitrogens with zero attached hydrogens (tertiary/aromatic N) is 2. The summed E-state index contributed by atoms with van der Waals surface area (Å²) in [7, 11) is 0. The van der Waals surface area contributed by atoms with Gasteiger partial charge >= 0.3 is 0 Å². The van der Waals surface area contributed by atoms with Crippen LogP contribution < -0.4 is 0 Å². The molecule has 3 nitrogen and oxygen atoms in total. The molecule has 1 amide bonds. The number of piperazine rings is 1. The van der Waals surface area contributed by atoms with Gasteiger partial charge in [-0.05, 0) is 43.4 Å². The molecular weight excluding hydrogens is 328 g/mol. The Morgan fingerprint density at radius 1 is 1.04 bits per heavy atom. The Morgan fingerprint density at radius 2 is 1.80 bits per heavy atom. The second kappa shape index (κ2) is 8.07. The number of aryl methyl sites for hydroxylation is 2. The molecule has 0 unspecified atom stereocenters. The van der Waals surface area contributed by atoms with Crippen LogP contribution in [-0.2, 0) is 6.54 Å². The second-order valence-electron chi connectivity index (χ2n) is 6.74. The number of amides is 1. The lowest BCUT2D eigenvalue weighted by molar-refractivity contribution is 0.0627. The van der Waals surface area contributed by atoms with Gasteiger partial charge in [0, 0.05) is 43.2 Å². The molecular formula is C21H26N2OS. The van der Waals surface area contributed by atoms with E-state index in [1.54, 1.807) is 11.8 Å². The predicted octanol–water partition coefficient (Wildman–Crippen LogP) is 3.98. The molecule has 132 valence electrons. The van der Waals surface area contributed by atoms with Crippen molar-refractivity contribution in [2.75, 3.05) is 32.4 Å². The van der Waals surface area contributed by atoms with E-state index in [0.717, 1.165) is 48.7 Å². The zero-order valence-corrected chi connectivity index (χ0v) is 16.1. The van der Waals surface area contributed by atoms with E-state index >= 15 is 0 Å². The van der Waals surface area contributed by atoms with Crippen LogP contribution in [-0.4, -0.2) is 48.1 Å². The largest absolute Gasteiger partial charge is 0.336 e. The number of benzene rings is 2. The summed E-state index contributed by atoms with van der Waals surface area (Å²) in [6.07, 6.45) is 2.04. The first-order valence-corrected chi connectivity index (χ1v) is 10.0. The molecule has 0 saturated carbocycles. The predicted molar refractivity (Wildman–Crippen MR) is 105 cm³/mol. The van der Waals surface area contributed by atoms with Crippen LogP contribution in [0.2, 0.25) is 0 Å². The summed E-state index contributed by atoms with van der Waals surface area (Å²) in [5.41, 5.74) is 4.56. The van der Waals surface area contributed by atoms with Crippen LogP contribution in [0.1, 0.15) is 27.0 Å². The fraction of sp³-hybridized carbons (Fsp3) is 0.381. The van der Waals surface area contributed by atoms with Crippen molar-refractivity contribution in [3.8, 4) is 0 Å². The van der Waals surface area contributed by atoms with E-state index < -0.39 is 0 Å². The van der Waals surface area contributed by atoms with Crippen LogP contribution in [0.4, 0.5) is 0 Å². The minimum Gasteiger partial charge on any atom is -0.336 e. The van der Waals surface area contributed by atoms with Crippen molar-refractivity contribution < 1.29 is 4.79 Å². The number of hydrogen-bond acceptors (Lipinski definition) is 3. The van der Waals surface area contributed by atoms with Crippen LogP contribution in [0.5, 0.6) is 0 Å². The number of hydrogen-bond donors (Lipinski definition) is 0. The molecule has 2 aromatic rings. The summed E-state index contributed by atoms with van der Waals surface area (Å²) in [4.78, 5) is 18.5. The fourth-order valence-corrected chi connectivity index (χ4v) is 3.75. The van der Waals surface area contributed by atoms with Gasteiger partial charge in [-0.3, -0.25) is 9.69 Å². The lowest BCUT2D eigenvalue weighted by atomic mass is 10.1. The van der Waals surface area contributed by atoms with Crippen molar-refractivity contribution in [3.63, 3.8) is 0 Å². The molecule has 4 heteroatoms. The Hall–Kier alpha value is -1.78. The van der Waals surface area contributed by atoms with Crippen molar-refractivity contribution >= 4 is 17.7 Å². The van der Waals surface area contributed by atoms with E-state index in [0.29, 0.717) is 0 Å². The minimum absolute atomic E-state index is 0.170. The number of thioether (sulfide) groups is 1. The van der Waals surface area contributed by atoms with Gasteiger partial charge in [0.25, 0.3) is 5.91 Å². The highest BCUT2D eigenvalue weighted by atomic mass is 32.2. The number of carbonyl (C=O) groups is 1. The van der Waals surface area contributed by atoms with Gasteiger partial charge in [-0.25, -0.2) is 0 Å². The maximum atomic E-state index is 12.9. The van der Waals surface area contributed by atoms with Crippen molar-refractivity contribution in [1.82, 2.24) is 9.80 Å². The van der Waals surface area contributed by atoms with E-state index in [-0.39, 0.29) is 5.91 Å². The molecule has 0 aliphatic carbocycles. The third kappa shape index (κ3) is 4.44. The average Bonchev–Trinajstić information content (AvgIpc) is 2.62. The minimum atomic E-state index is 0.170. The Kier molecular flexibility index (Phi) is 5.82. The Bertz CT molecular complexity index is 751. The molecule has 0 radical (unpaired) electrons. The Morgan fingerprint density at radius 3 is 2.48 bits per heavy atom. The smallest absolute Gasteiger partial charge is 0.254 e. The molecule has 0 aromatic heterocycles. The van der Waals surface area contributed by atoms with Crippen LogP contribution in [0.15, 0.2) is 47.4 Å². The van der Waals surface area contributed by atoms with Gasteiger partial charge in [-0.1, -0.05) is 35.9 Å². The SMILES string of the molecule is CSc1ccc(C)c(C(=O)N2CCN(Cc3cccc(C)c3)CC2)c1. The molecule has 25 heavy (non-hydrogen) atoms. The van der Waals surface area contributed by atoms with Gasteiger partial charge in [0.15, 0.2) is 0 Å². The molecule has 1 saturated heterocycles. The normalized spacial score (nSPS) is 15.4. The van der Waals surface area contributed by atoms with Crippen LogP contribution in [0.3, 0.4) is 0 Å². The summed E-state index contributed by atoms with van der Waals surface area (Å²) in [5, 5.41) is 0. The van der Waals surface area contributed by atoms with Crippen LogP contribution in [0, 0.1) is 13.8 Å². The summed E-state index contributed by atoms with van der Waals surface area (Å²) < 4.78 is 0. The summed E-state index contributed by atoms with van der Waals surface area (Å²) in [6.45, 7) is 8.57. The summed E-state index contributed by atoms with van der Waals surface area (Å²) in [5.74, 6) is 0.170. The van der Waals surface area contributed by atoms with Crippen molar-refractivity contribution in [3.05, 3.63) is 64.7 Å². The zero-order chi connectivity index (χ0) is 17.8. The molecule has 0 N–H and O–H groups in total. The van der Waals surface area contributed by atoms with E-state index in [9.17, 15) is 4.79 Å². The lowest BCUT2D eigenvalue weighted by Gasteiger charge is -2.35. The Labute approximate surface area is 155 Å². The molecule has 1 fully saturated rings. The zero-order valence-electron chi connectivity index (χ0n) is 15.3. The highest BCUT2D eigenvalue weighted by Gasteiger charge is 2.23. The Balaban J connectivity index is 1.61. The van der Waals surface area contributed by atoms with Crippen LogP contribution >= 0.6 is 11.8 Å². The van der Waals surface area contributed by atoms with Gasteiger partial charge in [0.05, 0.1) is 0 Å². The maximum Gasteiger partial charge on any atom is 0.254 e. The maximum absolute atomic E-state index is 12.9. The second-order valence-corrected chi connectivity index (χ2v) is 7.62. The van der Waals surface area contributed by atoms with Crippen molar-refractivity contribution in [1.29, 1.82) is 0 Å². The van der Waals surface area contributed by atoms with Crippen LogP contribution in [0.25, 0.3) is 0 Å². The first kappa shape index (κ1) is 18.0. The fourth-order valence-electron chi connectivity index (χ4n) is 3.31. The highest BCUT2D eigenvalue weighted by Crippen LogP contribution is 2.21. The third-order valence-electron chi connectivity index (χ3n) is 4.82. The molecule has 3 rings (SSSR count). The molecule has 2 aromatic carbocycles. The average molecular weight is 355 g/mol. The van der Waals surface area contributed by atoms with Crippen molar-refractivity contribution in [2.24, 2.45) is 0 Å². The quantitative estimate of drug-likeness (QED) is 0.776. The van der Waals surface area contributed by atoms with E-state index in [1.165, 1.54) is 11.1 Å². The first-order valence-electron chi connectivity index (χ1n) is 8.78. The first-order chi connectivity index (χ1) is 12.1. The number of rotatable bonds is 4. The van der Waals surface area contributed by atoms with Gasteiger partial charge in [-0.15, -0.1) is 11.8 Å². The highest BCUT2D eigenvalue weighted by molar-refractivity contribution is 7.98. The molecule has 1 heterocycles. The lowest BCUT2D eigenvalue weighted by Crippen LogP contribution is -2.48. The molecule has 0 spiro atoms. The number of carbonyl (C=O) groups excluding carboxylic acids is 1. The molecule has 1 aliphatic rings. The standard InChI is InChI=1S/C21H26N2OS/c1-16-5-4-6-18(13-16)15-22-9-11-23(12-10-22)21(24)20-14-19(25-3)8-7-17(20)2/h4-8,13-14H,9-12,15H2,1-3H3. The van der Waals surface area contributed by atoms with E-state index in [1.807, 2.05) is 30.2 Å². The van der Waals surface area contributed by atoms with Gasteiger partial charge in [0.1, 0.15) is 0 Å².